The third kappa shape index (κ3) is 9.23. The van der Waals surface area contributed by atoms with Gasteiger partial charge < -0.3 is 4.74 Å². The van der Waals surface area contributed by atoms with E-state index < -0.39 is 11.6 Å². The van der Waals surface area contributed by atoms with Gasteiger partial charge in [-0.2, -0.15) is 0 Å². The lowest BCUT2D eigenvalue weighted by atomic mass is 9.88. The molecule has 1 aliphatic rings. The second kappa shape index (κ2) is 19.6. The number of hydrogen-bond acceptors (Lipinski definition) is 2. The van der Waals surface area contributed by atoms with Gasteiger partial charge in [-0.1, -0.05) is 158 Å². The molecule has 0 N–H and O–H groups in total. The van der Waals surface area contributed by atoms with Gasteiger partial charge in [0.15, 0.2) is 0 Å². The van der Waals surface area contributed by atoms with E-state index >= 15 is 8.78 Å². The predicted octanol–water partition coefficient (Wildman–Crippen LogP) is 19.3. The van der Waals surface area contributed by atoms with E-state index in [9.17, 15) is 0 Å². The van der Waals surface area contributed by atoms with Gasteiger partial charge in [-0.3, -0.25) is 4.57 Å². The first kappa shape index (κ1) is 48.9. The summed E-state index contributed by atoms with van der Waals surface area (Å²) >= 11 is 0. The number of benzene rings is 9. The van der Waals surface area contributed by atoms with Crippen LogP contribution in [0.15, 0.2) is 212 Å². The van der Waals surface area contributed by atoms with Crippen molar-refractivity contribution >= 4 is 50.6 Å². The van der Waals surface area contributed by atoms with Gasteiger partial charge in [0.1, 0.15) is 29.0 Å². The number of para-hydroxylation sites is 4. The lowest BCUT2D eigenvalue weighted by Gasteiger charge is -2.20. The highest BCUT2D eigenvalue weighted by Gasteiger charge is 2.40. The van der Waals surface area contributed by atoms with E-state index in [1.807, 2.05) is 42.6 Å². The summed E-state index contributed by atoms with van der Waals surface area (Å²) in [6, 6.07) is 72.9. The molecule has 0 spiro atoms. The zero-order valence-corrected chi connectivity index (χ0v) is 44.3. The Morgan fingerprint density at radius 1 is 0.481 bits per heavy atom. The first-order valence-electron chi connectivity index (χ1n) is 26.4. The van der Waals surface area contributed by atoms with E-state index in [-0.39, 0.29) is 17.3 Å². The summed E-state index contributed by atoms with van der Waals surface area (Å²) in [7, 11) is 0. The maximum Gasteiger partial charge on any atom is 0.503 e. The maximum absolute atomic E-state index is 15.3. The Labute approximate surface area is 449 Å². The van der Waals surface area contributed by atoms with Gasteiger partial charge >= 0.3 is 6.01 Å². The summed E-state index contributed by atoms with van der Waals surface area (Å²) < 4.78 is 44.2. The molecule has 0 amide bonds. The summed E-state index contributed by atoms with van der Waals surface area (Å²) in [5.41, 5.74) is 16.0. The third-order valence-corrected chi connectivity index (χ3v) is 14.8. The van der Waals surface area contributed by atoms with Gasteiger partial charge in [-0.15, -0.1) is 0 Å². The lowest BCUT2D eigenvalue weighted by molar-refractivity contribution is 0.483. The van der Waals surface area contributed by atoms with Crippen LogP contribution in [0.25, 0.3) is 72.1 Å². The number of ether oxygens (including phenoxy) is 1. The van der Waals surface area contributed by atoms with Gasteiger partial charge in [-0.25, -0.2) is 13.8 Å². The van der Waals surface area contributed by atoms with Crippen LogP contribution in [0.5, 0.6) is 11.5 Å². The molecule has 0 bridgehead atoms. The minimum atomic E-state index is -0.649. The summed E-state index contributed by atoms with van der Waals surface area (Å²) in [5.74, 6) is 1.36. The highest BCUT2D eigenvalue weighted by Crippen LogP contribution is 2.47. The number of fused-ring (bicyclic) bond motifs is 4. The molecule has 2 aromatic heterocycles. The normalized spacial score (nSPS) is 12.4. The SMILES string of the molecule is CC(C)c1cc(-c2cccc(-c3cc(F)cc(F)c3)c2[N+]2=C=[N+](c3cc(Oc4ccc5c6ccccc6n(-c6cc(C(C)(C)C)ccn6)c5c4)cc(-c4ccccc4-c4ccccc4)c3)c3ccccc32)cc(C(C)C)c1. The fourth-order valence-corrected chi connectivity index (χ4v) is 10.8. The third-order valence-electron chi connectivity index (χ3n) is 14.8. The zero-order chi connectivity index (χ0) is 53.1. The molecule has 0 atom stereocenters. The topological polar surface area (TPSA) is 33.1 Å². The van der Waals surface area contributed by atoms with E-state index in [1.165, 1.54) is 28.8 Å². The molecule has 5 nitrogen and oxygen atoms in total. The Kier molecular flexibility index (Phi) is 12.4. The van der Waals surface area contributed by atoms with Crippen LogP contribution in [0.4, 0.5) is 31.5 Å². The second-order valence-electron chi connectivity index (χ2n) is 21.7. The van der Waals surface area contributed by atoms with E-state index in [2.05, 4.69) is 220 Å². The zero-order valence-electron chi connectivity index (χ0n) is 44.3. The Bertz CT molecular complexity index is 4150. The number of hydrogen-bond donors (Lipinski definition) is 0. The number of aromatic nitrogens is 2. The molecule has 77 heavy (non-hydrogen) atoms. The average molecular weight is 1010 g/mol. The van der Waals surface area contributed by atoms with Crippen LogP contribution in [0.3, 0.4) is 0 Å². The van der Waals surface area contributed by atoms with Crippen LogP contribution in [0.2, 0.25) is 0 Å². The second-order valence-corrected chi connectivity index (χ2v) is 21.7. The minimum absolute atomic E-state index is 0.0718. The smallest absolute Gasteiger partial charge is 0.457 e. The summed E-state index contributed by atoms with van der Waals surface area (Å²) in [6.07, 6.45) is 1.90. The standard InChI is InChI=1S/C70H58F2N4O/c1-44(2)47-32-48(45(3)4)34-49(33-47)60-23-17-24-61(50-35-53(71)40-54(72)36-50)69(60)75-43-74(65-26-15-16-27-66(65)75)55-37-51(59-21-12-11-20-58(59)46-18-9-8-10-19-46)38-57(41-55)77-56-28-29-63-62-22-13-14-25-64(62)76(67(63)42-56)68-39-52(30-31-73-68)70(5,6)7/h8-42,44-45H,1-7H3/q+2. The largest absolute Gasteiger partial charge is 0.503 e. The van der Waals surface area contributed by atoms with E-state index in [1.54, 1.807) is 0 Å². The molecular weight excluding hydrogens is 951 g/mol. The van der Waals surface area contributed by atoms with E-state index in [0.717, 1.165) is 89.8 Å². The quantitative estimate of drug-likeness (QED) is 0.121. The van der Waals surface area contributed by atoms with Crippen LogP contribution in [0.1, 0.15) is 77.0 Å². The van der Waals surface area contributed by atoms with Crippen LogP contribution >= 0.6 is 0 Å². The van der Waals surface area contributed by atoms with Crippen molar-refractivity contribution in [1.82, 2.24) is 18.7 Å². The van der Waals surface area contributed by atoms with Crippen molar-refractivity contribution in [3.63, 3.8) is 0 Å². The number of halogens is 2. The summed E-state index contributed by atoms with van der Waals surface area (Å²) in [5, 5.41) is 2.22. The van der Waals surface area contributed by atoms with Crippen molar-refractivity contribution in [2.24, 2.45) is 0 Å². The molecule has 11 aromatic rings. The molecule has 7 heteroatoms. The van der Waals surface area contributed by atoms with Gasteiger partial charge in [0.05, 0.1) is 28.2 Å². The monoisotopic (exact) mass is 1010 g/mol. The first-order valence-corrected chi connectivity index (χ1v) is 26.4. The highest BCUT2D eigenvalue weighted by molar-refractivity contribution is 6.09. The summed E-state index contributed by atoms with van der Waals surface area (Å²) in [4.78, 5) is 4.94. The van der Waals surface area contributed by atoms with Gasteiger partial charge in [-0.05, 0) is 137 Å². The van der Waals surface area contributed by atoms with Gasteiger partial charge in [0, 0.05) is 47.3 Å². The molecule has 9 aromatic carbocycles. The van der Waals surface area contributed by atoms with E-state index in [4.69, 9.17) is 9.72 Å². The lowest BCUT2D eigenvalue weighted by Crippen LogP contribution is -2.12. The van der Waals surface area contributed by atoms with Crippen LogP contribution in [-0.2, 0) is 5.41 Å². The van der Waals surface area contributed by atoms with Crippen molar-refractivity contribution in [3.05, 3.63) is 241 Å². The van der Waals surface area contributed by atoms with Crippen LogP contribution < -0.4 is 13.9 Å². The highest BCUT2D eigenvalue weighted by atomic mass is 19.1. The van der Waals surface area contributed by atoms with E-state index in [0.29, 0.717) is 22.6 Å². The van der Waals surface area contributed by atoms with Crippen molar-refractivity contribution in [2.75, 3.05) is 0 Å². The fraction of sp³-hybridized carbons (Fsp3) is 0.143. The molecule has 0 saturated carbocycles. The minimum Gasteiger partial charge on any atom is -0.457 e. The molecule has 0 radical (unpaired) electrons. The maximum atomic E-state index is 15.3. The predicted molar refractivity (Wildman–Crippen MR) is 314 cm³/mol. The van der Waals surface area contributed by atoms with Crippen molar-refractivity contribution in [1.29, 1.82) is 0 Å². The Balaban J connectivity index is 1.10. The van der Waals surface area contributed by atoms with Gasteiger partial charge in [0.2, 0.25) is 11.4 Å². The van der Waals surface area contributed by atoms with Gasteiger partial charge in [0.25, 0.3) is 11.4 Å². The molecule has 0 unspecified atom stereocenters. The molecule has 12 rings (SSSR count). The van der Waals surface area contributed by atoms with Crippen molar-refractivity contribution in [2.45, 2.75) is 65.7 Å². The average Bonchev–Trinajstić information content (AvgIpc) is 4.01. The molecule has 0 saturated heterocycles. The number of pyridine rings is 1. The molecule has 376 valence electrons. The Morgan fingerprint density at radius 3 is 1.75 bits per heavy atom. The number of rotatable bonds is 11. The first-order chi connectivity index (χ1) is 37.2. The molecule has 1 aliphatic heterocycles. The van der Waals surface area contributed by atoms with Crippen molar-refractivity contribution in [3.8, 4) is 61.8 Å². The van der Waals surface area contributed by atoms with Crippen LogP contribution in [0, 0.1) is 11.6 Å². The van der Waals surface area contributed by atoms with Crippen LogP contribution in [-0.4, -0.2) is 15.6 Å². The molecule has 0 fully saturated rings. The van der Waals surface area contributed by atoms with Crippen molar-refractivity contribution < 1.29 is 13.5 Å². The Morgan fingerprint density at radius 2 is 1.06 bits per heavy atom. The fourth-order valence-electron chi connectivity index (χ4n) is 10.8. The number of nitrogens with zero attached hydrogens (tertiary/aromatic N) is 4. The summed E-state index contributed by atoms with van der Waals surface area (Å²) in [6.45, 7) is 15.5. The molecular formula is C70H58F2N4O+2. The molecule has 0 aliphatic carbocycles. The molecule has 3 heterocycles. The Hall–Kier alpha value is -9.03.